The van der Waals surface area contributed by atoms with E-state index >= 15 is 0 Å². The van der Waals surface area contributed by atoms with Gasteiger partial charge in [-0.2, -0.15) is 0 Å². The van der Waals surface area contributed by atoms with E-state index in [1.165, 1.54) is 12.8 Å². The fourth-order valence-corrected chi connectivity index (χ4v) is 4.90. The zero-order valence-electron chi connectivity index (χ0n) is 16.0. The van der Waals surface area contributed by atoms with Crippen molar-refractivity contribution in [3.63, 3.8) is 0 Å². The van der Waals surface area contributed by atoms with Crippen LogP contribution in [-0.2, 0) is 4.79 Å². The van der Waals surface area contributed by atoms with E-state index in [-0.39, 0.29) is 30.1 Å². The molecule has 1 aromatic rings. The van der Waals surface area contributed by atoms with Crippen LogP contribution in [0.5, 0.6) is 0 Å². The van der Waals surface area contributed by atoms with Crippen LogP contribution < -0.4 is 5.32 Å². The summed E-state index contributed by atoms with van der Waals surface area (Å²) >= 11 is 0. The maximum atomic E-state index is 13.0. The monoisotopic (exact) mass is 391 g/mol. The Balaban J connectivity index is 0.00000210. The Bertz CT molecular complexity index is 649. The van der Waals surface area contributed by atoms with Gasteiger partial charge in [-0.25, -0.2) is 0 Å². The quantitative estimate of drug-likeness (QED) is 0.861. The highest BCUT2D eigenvalue weighted by Gasteiger charge is 2.38. The lowest BCUT2D eigenvalue weighted by Crippen LogP contribution is -2.51. The smallest absolute Gasteiger partial charge is 0.253 e. The Morgan fingerprint density at radius 3 is 2.19 bits per heavy atom. The first-order valence-electron chi connectivity index (χ1n) is 9.99. The summed E-state index contributed by atoms with van der Waals surface area (Å²) in [7, 11) is 1.99. The minimum absolute atomic E-state index is 0. The molecule has 3 aliphatic rings. The second-order valence-electron chi connectivity index (χ2n) is 8.14. The van der Waals surface area contributed by atoms with Crippen molar-refractivity contribution >= 4 is 24.2 Å². The molecule has 3 fully saturated rings. The van der Waals surface area contributed by atoms with Crippen molar-refractivity contribution in [2.24, 2.45) is 5.92 Å². The summed E-state index contributed by atoms with van der Waals surface area (Å²) in [5.74, 6) is 0.426. The van der Waals surface area contributed by atoms with Crippen LogP contribution in [0.15, 0.2) is 30.3 Å². The number of nitrogens with zero attached hydrogens (tertiary/aromatic N) is 2. The third-order valence-electron chi connectivity index (χ3n) is 6.50. The highest BCUT2D eigenvalue weighted by atomic mass is 35.5. The molecule has 0 radical (unpaired) electrons. The number of nitrogens with one attached hydrogen (secondary N) is 1. The Morgan fingerprint density at radius 1 is 1.00 bits per heavy atom. The number of fused-ring (bicyclic) bond motifs is 2. The maximum absolute atomic E-state index is 13.0. The van der Waals surface area contributed by atoms with E-state index in [0.717, 1.165) is 31.2 Å². The maximum Gasteiger partial charge on any atom is 0.253 e. The molecule has 3 heterocycles. The van der Waals surface area contributed by atoms with Crippen LogP contribution in [0.4, 0.5) is 0 Å². The second-order valence-corrected chi connectivity index (χ2v) is 8.14. The van der Waals surface area contributed by atoms with Crippen LogP contribution in [0.2, 0.25) is 0 Å². The molecule has 1 N–H and O–H groups in total. The molecule has 3 aliphatic heterocycles. The van der Waals surface area contributed by atoms with E-state index in [1.807, 2.05) is 47.2 Å². The average molecular weight is 392 g/mol. The van der Waals surface area contributed by atoms with E-state index in [9.17, 15) is 9.59 Å². The Labute approximate surface area is 167 Å². The summed E-state index contributed by atoms with van der Waals surface area (Å²) < 4.78 is 0. The van der Waals surface area contributed by atoms with E-state index < -0.39 is 0 Å². The molecule has 0 saturated carbocycles. The minimum atomic E-state index is 0. The van der Waals surface area contributed by atoms with Gasteiger partial charge in [-0.1, -0.05) is 18.2 Å². The van der Waals surface area contributed by atoms with Crippen molar-refractivity contribution in [1.29, 1.82) is 0 Å². The molecule has 0 aliphatic carbocycles. The molecule has 148 valence electrons. The lowest BCUT2D eigenvalue weighted by Gasteiger charge is -2.39. The van der Waals surface area contributed by atoms with E-state index in [2.05, 4.69) is 5.32 Å². The number of carbonyl (C=O) groups excluding carboxylic acids is 2. The molecular formula is C21H30ClN3O2. The fourth-order valence-electron chi connectivity index (χ4n) is 4.90. The third kappa shape index (κ3) is 4.30. The number of halogens is 1. The predicted molar refractivity (Wildman–Crippen MR) is 108 cm³/mol. The predicted octanol–water partition coefficient (Wildman–Crippen LogP) is 2.70. The van der Waals surface area contributed by atoms with E-state index in [4.69, 9.17) is 0 Å². The summed E-state index contributed by atoms with van der Waals surface area (Å²) in [6.07, 6.45) is 6.24. The standard InChI is InChI=1S/C21H29N3O2.ClH/c1-23(19-13-17-7-8-18(14-19)22-17)20(25)16-9-11-24(12-10-16)21(26)15-5-3-2-4-6-15;/h2-6,16-19,22H,7-14H2,1H3;1H. The number of likely N-dealkylation sites (tertiary alicyclic amines) is 1. The SMILES string of the molecule is CN(C(=O)C1CCN(C(=O)c2ccccc2)CC1)C1CC2CCC(C1)N2.Cl. The Kier molecular flexibility index (Phi) is 6.43. The van der Waals surface area contributed by atoms with Gasteiger partial charge in [0.25, 0.3) is 5.91 Å². The zero-order chi connectivity index (χ0) is 18.1. The highest BCUT2D eigenvalue weighted by Crippen LogP contribution is 2.31. The average Bonchev–Trinajstić information content (AvgIpc) is 3.04. The van der Waals surface area contributed by atoms with Gasteiger partial charge in [0, 0.05) is 49.7 Å². The highest BCUT2D eigenvalue weighted by molar-refractivity contribution is 5.94. The van der Waals surface area contributed by atoms with Gasteiger partial charge in [-0.15, -0.1) is 12.4 Å². The van der Waals surface area contributed by atoms with Crippen LogP contribution in [0.3, 0.4) is 0 Å². The summed E-state index contributed by atoms with van der Waals surface area (Å²) in [6, 6.07) is 11.0. The number of amides is 2. The summed E-state index contributed by atoms with van der Waals surface area (Å²) in [4.78, 5) is 29.5. The Morgan fingerprint density at radius 2 is 1.59 bits per heavy atom. The molecule has 2 amide bonds. The number of piperidine rings is 2. The van der Waals surface area contributed by atoms with Crippen LogP contribution in [0, 0.1) is 5.92 Å². The number of hydrogen-bond donors (Lipinski definition) is 1. The van der Waals surface area contributed by atoms with Crippen LogP contribution in [0.1, 0.15) is 48.9 Å². The van der Waals surface area contributed by atoms with E-state index in [0.29, 0.717) is 31.2 Å². The zero-order valence-corrected chi connectivity index (χ0v) is 16.8. The molecule has 2 bridgehead atoms. The summed E-state index contributed by atoms with van der Waals surface area (Å²) in [5, 5.41) is 3.65. The van der Waals surface area contributed by atoms with Crippen LogP contribution in [-0.4, -0.2) is 59.9 Å². The first-order chi connectivity index (χ1) is 12.6. The molecule has 2 atom stereocenters. The van der Waals surface area contributed by atoms with Crippen LogP contribution in [0.25, 0.3) is 0 Å². The molecule has 27 heavy (non-hydrogen) atoms. The largest absolute Gasteiger partial charge is 0.342 e. The molecular weight excluding hydrogens is 362 g/mol. The van der Waals surface area contributed by atoms with Crippen molar-refractivity contribution in [3.8, 4) is 0 Å². The topological polar surface area (TPSA) is 52.7 Å². The fraction of sp³-hybridized carbons (Fsp3) is 0.619. The normalized spacial score (nSPS) is 27.7. The van der Waals surface area contributed by atoms with Gasteiger partial charge in [0.05, 0.1) is 0 Å². The van der Waals surface area contributed by atoms with Crippen molar-refractivity contribution in [1.82, 2.24) is 15.1 Å². The van der Waals surface area contributed by atoms with Gasteiger partial charge in [0.2, 0.25) is 5.91 Å². The molecule has 6 heteroatoms. The van der Waals surface area contributed by atoms with Crippen molar-refractivity contribution in [2.45, 2.75) is 56.7 Å². The third-order valence-corrected chi connectivity index (χ3v) is 6.50. The molecule has 0 spiro atoms. The summed E-state index contributed by atoms with van der Waals surface area (Å²) in [5.41, 5.74) is 0.736. The minimum Gasteiger partial charge on any atom is -0.342 e. The van der Waals surface area contributed by atoms with Gasteiger partial charge in [-0.05, 0) is 50.7 Å². The van der Waals surface area contributed by atoms with Crippen molar-refractivity contribution in [3.05, 3.63) is 35.9 Å². The first kappa shape index (κ1) is 20.2. The molecule has 4 rings (SSSR count). The number of benzene rings is 1. The molecule has 1 aromatic carbocycles. The van der Waals surface area contributed by atoms with Gasteiger partial charge in [0.1, 0.15) is 0 Å². The lowest BCUT2D eigenvalue weighted by molar-refractivity contribution is -0.138. The molecule has 2 unspecified atom stereocenters. The van der Waals surface area contributed by atoms with Gasteiger partial charge in [-0.3, -0.25) is 9.59 Å². The van der Waals surface area contributed by atoms with Gasteiger partial charge in [0.15, 0.2) is 0 Å². The van der Waals surface area contributed by atoms with E-state index in [1.54, 1.807) is 0 Å². The Hall–Kier alpha value is -1.59. The summed E-state index contributed by atoms with van der Waals surface area (Å²) in [6.45, 7) is 1.35. The first-order valence-corrected chi connectivity index (χ1v) is 9.99. The number of hydrogen-bond acceptors (Lipinski definition) is 3. The van der Waals surface area contributed by atoms with Crippen molar-refractivity contribution in [2.75, 3.05) is 20.1 Å². The van der Waals surface area contributed by atoms with Crippen molar-refractivity contribution < 1.29 is 9.59 Å². The van der Waals surface area contributed by atoms with Gasteiger partial charge >= 0.3 is 0 Å². The number of rotatable bonds is 3. The number of carbonyl (C=O) groups is 2. The molecule has 5 nitrogen and oxygen atoms in total. The van der Waals surface area contributed by atoms with Crippen LogP contribution >= 0.6 is 12.4 Å². The molecule has 3 saturated heterocycles. The molecule has 0 aromatic heterocycles. The second kappa shape index (κ2) is 8.61. The lowest BCUT2D eigenvalue weighted by atomic mass is 9.92. The van der Waals surface area contributed by atoms with Gasteiger partial charge < -0.3 is 15.1 Å².